The third-order valence-electron chi connectivity index (χ3n) is 5.71. The molecule has 0 amide bonds. The number of nitrogens with zero attached hydrogens (tertiary/aromatic N) is 1. The van der Waals surface area contributed by atoms with Gasteiger partial charge in [0.2, 0.25) is 0 Å². The Bertz CT molecular complexity index is 1200. The molecule has 2 aromatic carbocycles. The number of carbonyl (C=O) groups excluding carboxylic acids is 2. The third-order valence-corrected chi connectivity index (χ3v) is 5.71. The Morgan fingerprint density at radius 2 is 1.69 bits per heavy atom. The Labute approximate surface area is 208 Å². The number of benzene rings is 2. The first-order chi connectivity index (χ1) is 17.3. The van der Waals surface area contributed by atoms with Gasteiger partial charge in [-0.15, -0.1) is 0 Å². The highest BCUT2D eigenvalue weighted by atomic mass is 16.6. The number of nitro groups is 1. The van der Waals surface area contributed by atoms with Crippen molar-refractivity contribution in [2.24, 2.45) is 0 Å². The maximum atomic E-state index is 13.3. The van der Waals surface area contributed by atoms with Gasteiger partial charge in [-0.2, -0.15) is 0 Å². The Morgan fingerprint density at radius 1 is 1.03 bits per heavy atom. The zero-order chi connectivity index (χ0) is 26.2. The molecule has 2 N–H and O–H groups in total. The zero-order valence-electron chi connectivity index (χ0n) is 20.3. The number of dihydropyridines is 1. The molecule has 190 valence electrons. The van der Waals surface area contributed by atoms with Crippen LogP contribution in [0.25, 0.3) is 0 Å². The Morgan fingerprint density at radius 3 is 2.31 bits per heavy atom. The van der Waals surface area contributed by atoms with E-state index in [2.05, 4.69) is 5.32 Å². The van der Waals surface area contributed by atoms with E-state index in [1.54, 1.807) is 32.0 Å². The predicted molar refractivity (Wildman–Crippen MR) is 130 cm³/mol. The fourth-order valence-electron chi connectivity index (χ4n) is 4.05. The number of methoxy groups -OCH3 is 1. The van der Waals surface area contributed by atoms with E-state index in [0.717, 1.165) is 5.56 Å². The van der Waals surface area contributed by atoms with Gasteiger partial charge in [0.25, 0.3) is 5.69 Å². The van der Waals surface area contributed by atoms with Crippen LogP contribution in [0.4, 0.5) is 5.69 Å². The van der Waals surface area contributed by atoms with Crippen molar-refractivity contribution >= 4 is 17.6 Å². The van der Waals surface area contributed by atoms with E-state index in [9.17, 15) is 19.7 Å². The van der Waals surface area contributed by atoms with Crippen molar-refractivity contribution < 1.29 is 33.8 Å². The summed E-state index contributed by atoms with van der Waals surface area (Å²) in [6, 6.07) is 13.0. The lowest BCUT2D eigenvalue weighted by atomic mass is 9.80. The SMILES string of the molecule is COC(=O)C1=C(C)NC(C)=C(C(=O)OCCc2ccc(OCCO)cc2)C1c1cccc([N+](=O)[O-])c1. The van der Waals surface area contributed by atoms with E-state index < -0.39 is 22.8 Å². The molecule has 0 aromatic heterocycles. The second-order valence-corrected chi connectivity index (χ2v) is 8.08. The van der Waals surface area contributed by atoms with Crippen molar-refractivity contribution in [1.29, 1.82) is 0 Å². The van der Waals surface area contributed by atoms with Gasteiger partial charge in [-0.3, -0.25) is 10.1 Å². The van der Waals surface area contributed by atoms with Crippen LogP contribution in [0.5, 0.6) is 5.75 Å². The van der Waals surface area contributed by atoms with Gasteiger partial charge in [0.05, 0.1) is 42.3 Å². The molecule has 1 aliphatic rings. The second kappa shape index (κ2) is 12.0. The Balaban J connectivity index is 1.84. The van der Waals surface area contributed by atoms with E-state index in [4.69, 9.17) is 19.3 Å². The number of allylic oxidation sites excluding steroid dienone is 2. The number of ether oxygens (including phenoxy) is 3. The number of esters is 2. The minimum atomic E-state index is -0.908. The van der Waals surface area contributed by atoms with Crippen LogP contribution in [0.15, 0.2) is 71.1 Å². The van der Waals surface area contributed by atoms with Crippen LogP contribution >= 0.6 is 0 Å². The highest BCUT2D eigenvalue weighted by Gasteiger charge is 2.38. The van der Waals surface area contributed by atoms with E-state index in [-0.39, 0.29) is 36.7 Å². The summed E-state index contributed by atoms with van der Waals surface area (Å²) in [4.78, 5) is 36.8. The predicted octanol–water partition coefficient (Wildman–Crippen LogP) is 3.16. The summed E-state index contributed by atoms with van der Waals surface area (Å²) < 4.78 is 15.9. The molecule has 0 spiro atoms. The number of nitro benzene ring substituents is 1. The molecule has 3 rings (SSSR count). The summed E-state index contributed by atoms with van der Waals surface area (Å²) in [5.74, 6) is -1.59. The van der Waals surface area contributed by atoms with E-state index >= 15 is 0 Å². The van der Waals surface area contributed by atoms with Crippen molar-refractivity contribution in [3.05, 3.63) is 92.3 Å². The molecule has 10 nitrogen and oxygen atoms in total. The summed E-state index contributed by atoms with van der Waals surface area (Å²) >= 11 is 0. The van der Waals surface area contributed by atoms with Crippen molar-refractivity contribution in [2.75, 3.05) is 26.9 Å². The summed E-state index contributed by atoms with van der Waals surface area (Å²) in [5, 5.41) is 23.2. The van der Waals surface area contributed by atoms with Gasteiger partial charge < -0.3 is 24.6 Å². The first-order valence-electron chi connectivity index (χ1n) is 11.3. The van der Waals surface area contributed by atoms with Gasteiger partial charge in [0, 0.05) is 29.9 Å². The minimum absolute atomic E-state index is 0.0738. The lowest BCUT2D eigenvalue weighted by Gasteiger charge is -2.30. The molecule has 1 atom stereocenters. The van der Waals surface area contributed by atoms with Crippen molar-refractivity contribution in [3.8, 4) is 5.75 Å². The molecule has 0 aliphatic carbocycles. The molecule has 10 heteroatoms. The summed E-state index contributed by atoms with van der Waals surface area (Å²) in [6.45, 7) is 3.56. The van der Waals surface area contributed by atoms with Crippen molar-refractivity contribution in [3.63, 3.8) is 0 Å². The second-order valence-electron chi connectivity index (χ2n) is 8.08. The van der Waals surface area contributed by atoms with Crippen LogP contribution in [-0.2, 0) is 25.5 Å². The summed E-state index contributed by atoms with van der Waals surface area (Å²) in [6.07, 6.45) is 0.436. The number of non-ortho nitro benzene ring substituents is 1. The van der Waals surface area contributed by atoms with Gasteiger partial charge >= 0.3 is 11.9 Å². The number of hydrogen-bond donors (Lipinski definition) is 2. The molecule has 0 saturated carbocycles. The molecule has 1 aliphatic heterocycles. The van der Waals surface area contributed by atoms with E-state index in [1.807, 2.05) is 12.1 Å². The van der Waals surface area contributed by atoms with E-state index in [1.165, 1.54) is 25.3 Å². The zero-order valence-corrected chi connectivity index (χ0v) is 20.3. The maximum absolute atomic E-state index is 13.3. The van der Waals surface area contributed by atoms with Crippen molar-refractivity contribution in [2.45, 2.75) is 26.2 Å². The van der Waals surface area contributed by atoms with Gasteiger partial charge in [0.15, 0.2) is 0 Å². The summed E-state index contributed by atoms with van der Waals surface area (Å²) in [7, 11) is 1.23. The Hall–Kier alpha value is -4.18. The average molecular weight is 497 g/mol. The normalized spacial score (nSPS) is 15.3. The molecular weight excluding hydrogens is 468 g/mol. The first-order valence-corrected chi connectivity index (χ1v) is 11.3. The summed E-state index contributed by atoms with van der Waals surface area (Å²) in [5.41, 5.74) is 2.46. The monoisotopic (exact) mass is 496 g/mol. The Kier molecular flexibility index (Phi) is 8.80. The fourth-order valence-corrected chi connectivity index (χ4v) is 4.05. The van der Waals surface area contributed by atoms with Crippen LogP contribution < -0.4 is 10.1 Å². The molecule has 1 heterocycles. The molecule has 36 heavy (non-hydrogen) atoms. The number of carbonyl (C=O) groups is 2. The number of aliphatic hydroxyl groups is 1. The van der Waals surface area contributed by atoms with Crippen molar-refractivity contribution in [1.82, 2.24) is 5.32 Å². The largest absolute Gasteiger partial charge is 0.491 e. The van der Waals surface area contributed by atoms with E-state index in [0.29, 0.717) is 29.1 Å². The standard InChI is InChI=1S/C26H28N2O8/c1-16-22(25(30)34-3)24(19-5-4-6-20(15-19)28(32)33)23(17(2)27-16)26(31)36-13-11-18-7-9-21(10-8-18)35-14-12-29/h4-10,15,24,27,29H,11-14H2,1-3H3. The molecule has 0 bridgehead atoms. The number of aliphatic hydroxyl groups excluding tert-OH is 1. The third kappa shape index (κ3) is 6.08. The van der Waals surface area contributed by atoms with Gasteiger partial charge in [0.1, 0.15) is 12.4 Å². The highest BCUT2D eigenvalue weighted by molar-refractivity contribution is 5.99. The highest BCUT2D eigenvalue weighted by Crippen LogP contribution is 2.40. The quantitative estimate of drug-likeness (QED) is 0.289. The van der Waals surface area contributed by atoms with Crippen LogP contribution in [0.2, 0.25) is 0 Å². The van der Waals surface area contributed by atoms with Crippen LogP contribution in [0, 0.1) is 10.1 Å². The fraction of sp³-hybridized carbons (Fsp3) is 0.308. The molecule has 0 fully saturated rings. The number of hydrogen-bond acceptors (Lipinski definition) is 9. The smallest absolute Gasteiger partial charge is 0.336 e. The van der Waals surface area contributed by atoms with Crippen LogP contribution in [0.3, 0.4) is 0 Å². The lowest BCUT2D eigenvalue weighted by Crippen LogP contribution is -2.32. The molecule has 0 radical (unpaired) electrons. The number of rotatable bonds is 10. The lowest BCUT2D eigenvalue weighted by molar-refractivity contribution is -0.384. The molecular formula is C26H28N2O8. The van der Waals surface area contributed by atoms with Crippen LogP contribution in [-0.4, -0.2) is 48.9 Å². The topological polar surface area (TPSA) is 137 Å². The first kappa shape index (κ1) is 26.4. The van der Waals surface area contributed by atoms with Gasteiger partial charge in [-0.25, -0.2) is 9.59 Å². The van der Waals surface area contributed by atoms with Gasteiger partial charge in [-0.05, 0) is 37.1 Å². The van der Waals surface area contributed by atoms with Gasteiger partial charge in [-0.1, -0.05) is 24.3 Å². The molecule has 2 aromatic rings. The number of nitrogens with one attached hydrogen (secondary N) is 1. The molecule has 0 saturated heterocycles. The molecule has 1 unspecified atom stereocenters. The maximum Gasteiger partial charge on any atom is 0.336 e. The average Bonchev–Trinajstić information content (AvgIpc) is 2.87. The minimum Gasteiger partial charge on any atom is -0.491 e. The van der Waals surface area contributed by atoms with Crippen LogP contribution in [0.1, 0.15) is 30.9 Å².